The summed E-state index contributed by atoms with van der Waals surface area (Å²) in [6, 6.07) is 9.01. The number of aliphatic hydroxyl groups is 3. The van der Waals surface area contributed by atoms with E-state index in [4.69, 9.17) is 10.5 Å². The van der Waals surface area contributed by atoms with Gasteiger partial charge in [-0.3, -0.25) is 14.4 Å². The number of hydrogen-bond acceptors (Lipinski definition) is 8. The first kappa shape index (κ1) is 30.1. The maximum atomic E-state index is 14.1. The van der Waals surface area contributed by atoms with Crippen LogP contribution in [0.15, 0.2) is 59.9 Å². The second-order valence-electron chi connectivity index (χ2n) is 12.2. The molecular weight excluding hydrogens is 550 g/mol. The molecule has 1 saturated carbocycles. The number of phenols is 1. The third kappa shape index (κ3) is 4.36. The number of allylic oxidation sites excluding steroid dienone is 1. The van der Waals surface area contributed by atoms with Gasteiger partial charge in [0.2, 0.25) is 5.78 Å². The molecular formula is C34H37NO8. The number of Topliss-reactive ketones (excluding diaryl/α,β-unsaturated/α-hetero) is 2. The molecule has 0 spiro atoms. The molecule has 2 aromatic rings. The van der Waals surface area contributed by atoms with Gasteiger partial charge in [-0.1, -0.05) is 39.0 Å². The van der Waals surface area contributed by atoms with E-state index in [9.17, 15) is 34.8 Å². The lowest BCUT2D eigenvalue weighted by Gasteiger charge is -2.50. The predicted octanol–water partition coefficient (Wildman–Crippen LogP) is 4.66. The van der Waals surface area contributed by atoms with Crippen molar-refractivity contribution >= 4 is 23.2 Å². The van der Waals surface area contributed by atoms with Crippen molar-refractivity contribution in [1.82, 2.24) is 0 Å². The van der Waals surface area contributed by atoms with Crippen LogP contribution in [0.2, 0.25) is 0 Å². The number of rotatable bonds is 7. The van der Waals surface area contributed by atoms with Gasteiger partial charge in [0.05, 0.1) is 12.7 Å². The van der Waals surface area contributed by atoms with Crippen molar-refractivity contribution in [1.29, 1.82) is 0 Å². The minimum Gasteiger partial charge on any atom is -0.508 e. The molecule has 3 aliphatic carbocycles. The second-order valence-corrected chi connectivity index (χ2v) is 12.2. The number of hydrogen-bond donors (Lipinski definition) is 5. The standard InChI is InChI=1S/C34H37NO8/c1-6-7-16(4)17-8-11-24(43-5)20(12-17)19-9-10-23(36)27-21(19)13-18-14-22-25(15(2)3)29(37)28(33(35)41)32(40)34(22,42)31(39)26(18)30(27)38/h6,8-12,15-16,18,22,25,36,38,40,42H,1,7,13-14H2,2-5H3,(H2,35,41)/t16?,18-,22-,25-,34-/m0/s1. The zero-order chi connectivity index (χ0) is 31.5. The number of methoxy groups -OCH3 is 1. The molecule has 43 heavy (non-hydrogen) atoms. The Bertz CT molecular complexity index is 1630. The highest BCUT2D eigenvalue weighted by atomic mass is 16.5. The smallest absolute Gasteiger partial charge is 0.255 e. The van der Waals surface area contributed by atoms with Gasteiger partial charge in [-0.05, 0) is 71.9 Å². The highest BCUT2D eigenvalue weighted by Gasteiger charge is 2.64. The fourth-order valence-electron chi connectivity index (χ4n) is 7.37. The summed E-state index contributed by atoms with van der Waals surface area (Å²) in [5.74, 6) is -7.23. The van der Waals surface area contributed by atoms with Crippen LogP contribution >= 0.6 is 0 Å². The zero-order valence-corrected chi connectivity index (χ0v) is 24.7. The van der Waals surface area contributed by atoms with Crippen LogP contribution in [0, 0.1) is 23.7 Å². The molecule has 3 aliphatic rings. The normalized spacial score (nSPS) is 25.7. The van der Waals surface area contributed by atoms with E-state index in [2.05, 4.69) is 13.5 Å². The SMILES string of the molecule is C=CCC(C)c1ccc(OC)c(-c2ccc(O)c3c2C[C@H]2C[C@H]4[C@H](C(C)C)C(=O)C(C(N)=O)=C(O)[C@@]4(O)C(=O)C2=C3O)c1. The van der Waals surface area contributed by atoms with E-state index in [1.54, 1.807) is 27.0 Å². The maximum absolute atomic E-state index is 14.1. The molecule has 1 unspecified atom stereocenters. The van der Waals surface area contributed by atoms with Crippen LogP contribution in [0.5, 0.6) is 11.5 Å². The molecule has 1 amide bonds. The highest BCUT2D eigenvalue weighted by molar-refractivity contribution is 6.23. The summed E-state index contributed by atoms with van der Waals surface area (Å²) >= 11 is 0. The number of phenolic OH excluding ortho intramolecular Hbond substituents is 1. The number of aliphatic hydroxyl groups excluding tert-OH is 2. The van der Waals surface area contributed by atoms with Crippen LogP contribution < -0.4 is 10.5 Å². The molecule has 2 aromatic carbocycles. The Morgan fingerprint density at radius 2 is 1.84 bits per heavy atom. The van der Waals surface area contributed by atoms with Crippen LogP contribution in [-0.2, 0) is 20.8 Å². The lowest BCUT2D eigenvalue weighted by Crippen LogP contribution is -2.62. The summed E-state index contributed by atoms with van der Waals surface area (Å²) < 4.78 is 5.69. The van der Waals surface area contributed by atoms with E-state index in [0.717, 1.165) is 17.5 Å². The zero-order valence-electron chi connectivity index (χ0n) is 24.7. The molecule has 0 aliphatic heterocycles. The van der Waals surface area contributed by atoms with Crippen LogP contribution in [-0.4, -0.2) is 50.6 Å². The number of ketones is 2. The van der Waals surface area contributed by atoms with Gasteiger partial charge >= 0.3 is 0 Å². The van der Waals surface area contributed by atoms with Gasteiger partial charge in [-0.15, -0.1) is 6.58 Å². The summed E-state index contributed by atoms with van der Waals surface area (Å²) in [6.07, 6.45) is 2.85. The fourth-order valence-corrected chi connectivity index (χ4v) is 7.37. The molecule has 9 heteroatoms. The molecule has 0 bridgehead atoms. The second kappa shape index (κ2) is 10.7. The highest BCUT2D eigenvalue weighted by Crippen LogP contribution is 2.55. The van der Waals surface area contributed by atoms with Gasteiger partial charge in [-0.25, -0.2) is 0 Å². The average molecular weight is 588 g/mol. The van der Waals surface area contributed by atoms with Gasteiger partial charge in [0.15, 0.2) is 11.4 Å². The molecule has 0 radical (unpaired) electrons. The lowest BCUT2D eigenvalue weighted by atomic mass is 9.54. The van der Waals surface area contributed by atoms with E-state index < -0.39 is 63.8 Å². The summed E-state index contributed by atoms with van der Waals surface area (Å²) in [4.78, 5) is 39.7. The van der Waals surface area contributed by atoms with Crippen molar-refractivity contribution < 1.29 is 39.5 Å². The summed E-state index contributed by atoms with van der Waals surface area (Å²) in [6.45, 7) is 9.39. The Morgan fingerprint density at radius 3 is 2.44 bits per heavy atom. The number of benzene rings is 2. The van der Waals surface area contributed by atoms with E-state index >= 15 is 0 Å². The van der Waals surface area contributed by atoms with E-state index in [1.165, 1.54) is 6.07 Å². The first-order chi connectivity index (χ1) is 20.3. The van der Waals surface area contributed by atoms with Crippen LogP contribution in [0.1, 0.15) is 56.2 Å². The fraction of sp³-hybridized carbons (Fsp3) is 0.382. The number of aromatic hydroxyl groups is 1. The average Bonchev–Trinajstić information content (AvgIpc) is 2.94. The summed E-state index contributed by atoms with van der Waals surface area (Å²) in [5.41, 5.74) is 4.88. The number of carbonyl (C=O) groups excluding carboxylic acids is 3. The molecule has 1 fully saturated rings. The Kier molecular flexibility index (Phi) is 7.50. The van der Waals surface area contributed by atoms with Gasteiger partial charge < -0.3 is 30.9 Å². The quantitative estimate of drug-likeness (QED) is 0.230. The minimum absolute atomic E-state index is 0.0386. The Hall–Kier alpha value is -4.37. The monoisotopic (exact) mass is 587 g/mol. The van der Waals surface area contributed by atoms with E-state index in [1.807, 2.05) is 24.3 Å². The third-order valence-electron chi connectivity index (χ3n) is 9.46. The number of carbonyl (C=O) groups is 3. The van der Waals surface area contributed by atoms with Crippen LogP contribution in [0.4, 0.5) is 0 Å². The Balaban J connectivity index is 1.73. The Morgan fingerprint density at radius 1 is 1.14 bits per heavy atom. The van der Waals surface area contributed by atoms with Gasteiger partial charge in [0.25, 0.3) is 5.91 Å². The largest absolute Gasteiger partial charge is 0.508 e. The first-order valence-corrected chi connectivity index (χ1v) is 14.4. The summed E-state index contributed by atoms with van der Waals surface area (Å²) in [7, 11) is 1.56. The molecule has 0 heterocycles. The van der Waals surface area contributed by atoms with Gasteiger partial charge in [0.1, 0.15) is 28.6 Å². The van der Waals surface area contributed by atoms with Crippen molar-refractivity contribution in [2.24, 2.45) is 29.4 Å². The van der Waals surface area contributed by atoms with E-state index in [-0.39, 0.29) is 35.6 Å². The minimum atomic E-state index is -2.64. The summed E-state index contributed by atoms with van der Waals surface area (Å²) in [5, 5.41) is 45.4. The molecule has 0 saturated heterocycles. The third-order valence-corrected chi connectivity index (χ3v) is 9.46. The molecule has 5 rings (SSSR count). The topological polar surface area (TPSA) is 167 Å². The number of amides is 1. The van der Waals surface area contributed by atoms with Gasteiger partial charge in [0, 0.05) is 23.0 Å². The predicted molar refractivity (Wildman–Crippen MR) is 160 cm³/mol. The Labute approximate surface area is 250 Å². The van der Waals surface area contributed by atoms with Crippen molar-refractivity contribution in [2.45, 2.75) is 51.6 Å². The molecule has 0 aromatic heterocycles. The number of primary amides is 1. The number of ether oxygens (including phenoxy) is 1. The molecule has 5 atom stereocenters. The molecule has 6 N–H and O–H groups in total. The van der Waals surface area contributed by atoms with Crippen molar-refractivity contribution in [2.75, 3.05) is 7.11 Å². The van der Waals surface area contributed by atoms with Crippen molar-refractivity contribution in [3.05, 3.63) is 76.6 Å². The number of fused-ring (bicyclic) bond motifs is 3. The molecule has 9 nitrogen and oxygen atoms in total. The lowest BCUT2D eigenvalue weighted by molar-refractivity contribution is -0.155. The van der Waals surface area contributed by atoms with Crippen LogP contribution in [0.3, 0.4) is 0 Å². The number of nitrogens with two attached hydrogens (primary N) is 1. The van der Waals surface area contributed by atoms with Crippen molar-refractivity contribution in [3.8, 4) is 22.6 Å². The van der Waals surface area contributed by atoms with Crippen LogP contribution in [0.25, 0.3) is 16.9 Å². The maximum Gasteiger partial charge on any atom is 0.255 e. The van der Waals surface area contributed by atoms with Crippen molar-refractivity contribution in [3.63, 3.8) is 0 Å². The first-order valence-electron chi connectivity index (χ1n) is 14.4. The van der Waals surface area contributed by atoms with E-state index in [0.29, 0.717) is 16.9 Å². The molecule has 226 valence electrons. The van der Waals surface area contributed by atoms with Gasteiger partial charge in [-0.2, -0.15) is 0 Å².